The summed E-state index contributed by atoms with van der Waals surface area (Å²) in [4.78, 5) is 12.5. The number of thioether (sulfide) groups is 1. The van der Waals surface area contributed by atoms with E-state index < -0.39 is 0 Å². The number of para-hydroxylation sites is 1. The van der Waals surface area contributed by atoms with Crippen molar-refractivity contribution in [3.8, 4) is 11.5 Å². The lowest BCUT2D eigenvalue weighted by Gasteiger charge is -2.12. The minimum Gasteiger partial charge on any atom is -0.457 e. The molecule has 1 amide bonds. The molecule has 1 heterocycles. The molecule has 0 aliphatic rings. The van der Waals surface area contributed by atoms with Crippen LogP contribution < -0.4 is 10.1 Å². The number of benzene rings is 2. The number of carbonyl (C=O) groups is 1. The van der Waals surface area contributed by atoms with E-state index in [1.165, 1.54) is 11.8 Å². The Kier molecular flexibility index (Phi) is 6.13. The Morgan fingerprint density at radius 1 is 1.11 bits per heavy atom. The number of aryl methyl sites for hydroxylation is 1. The highest BCUT2D eigenvalue weighted by Gasteiger charge is 2.18. The fraction of sp³-hybridized carbons (Fsp3) is 0.250. The van der Waals surface area contributed by atoms with Crippen molar-refractivity contribution in [1.29, 1.82) is 0 Å². The maximum absolute atomic E-state index is 12.5. The van der Waals surface area contributed by atoms with E-state index in [2.05, 4.69) is 15.5 Å². The lowest BCUT2D eigenvalue weighted by Crippen LogP contribution is -2.22. The Morgan fingerprint density at radius 3 is 2.41 bits per heavy atom. The molecule has 3 rings (SSSR count). The first-order chi connectivity index (χ1) is 13.1. The minimum atomic E-state index is -0.294. The first-order valence-electron chi connectivity index (χ1n) is 8.75. The van der Waals surface area contributed by atoms with E-state index in [4.69, 9.17) is 4.74 Å². The lowest BCUT2D eigenvalue weighted by molar-refractivity contribution is -0.115. The molecular formula is C20H22N4O2S. The van der Waals surface area contributed by atoms with Gasteiger partial charge in [0, 0.05) is 19.2 Å². The van der Waals surface area contributed by atoms with Crippen LogP contribution in [0.4, 0.5) is 5.69 Å². The number of hydrogen-bond donors (Lipinski definition) is 1. The number of amides is 1. The number of hydrogen-bond acceptors (Lipinski definition) is 5. The summed E-state index contributed by atoms with van der Waals surface area (Å²) in [6.45, 7) is 3.88. The van der Waals surface area contributed by atoms with Crippen molar-refractivity contribution in [2.24, 2.45) is 7.05 Å². The lowest BCUT2D eigenvalue weighted by atomic mass is 10.3. The third-order valence-electron chi connectivity index (χ3n) is 3.99. The topological polar surface area (TPSA) is 69.0 Å². The molecule has 27 heavy (non-hydrogen) atoms. The standard InChI is InChI=1S/C20H22N4O2S/c1-4-18-22-23-20(24(18)3)27-14(2)19(25)21-15-10-12-17(13-11-15)26-16-8-6-5-7-9-16/h5-14H,4H2,1-3H3,(H,21,25). The van der Waals surface area contributed by atoms with E-state index in [-0.39, 0.29) is 11.2 Å². The van der Waals surface area contributed by atoms with E-state index >= 15 is 0 Å². The third-order valence-corrected chi connectivity index (χ3v) is 5.13. The average Bonchev–Trinajstić information content (AvgIpc) is 3.03. The number of ether oxygens (including phenoxy) is 1. The summed E-state index contributed by atoms with van der Waals surface area (Å²) in [5.41, 5.74) is 0.722. The monoisotopic (exact) mass is 382 g/mol. The molecule has 0 bridgehead atoms. The van der Waals surface area contributed by atoms with Crippen LogP contribution in [0.1, 0.15) is 19.7 Å². The maximum atomic E-state index is 12.5. The zero-order chi connectivity index (χ0) is 19.2. The third kappa shape index (κ3) is 4.89. The fourth-order valence-electron chi connectivity index (χ4n) is 2.44. The van der Waals surface area contributed by atoms with Gasteiger partial charge in [0.15, 0.2) is 5.16 Å². The Hall–Kier alpha value is -2.80. The molecule has 1 N–H and O–H groups in total. The van der Waals surface area contributed by atoms with Crippen molar-refractivity contribution in [3.63, 3.8) is 0 Å². The van der Waals surface area contributed by atoms with Gasteiger partial charge in [0.25, 0.3) is 0 Å². The van der Waals surface area contributed by atoms with Gasteiger partial charge in [-0.05, 0) is 43.3 Å². The van der Waals surface area contributed by atoms with Crippen LogP contribution in [-0.4, -0.2) is 25.9 Å². The van der Waals surface area contributed by atoms with Gasteiger partial charge in [0.2, 0.25) is 5.91 Å². The summed E-state index contributed by atoms with van der Waals surface area (Å²) in [6.07, 6.45) is 0.808. The highest BCUT2D eigenvalue weighted by molar-refractivity contribution is 8.00. The second kappa shape index (κ2) is 8.73. The van der Waals surface area contributed by atoms with Crippen molar-refractivity contribution in [1.82, 2.24) is 14.8 Å². The van der Waals surface area contributed by atoms with Crippen LogP contribution in [0.5, 0.6) is 11.5 Å². The smallest absolute Gasteiger partial charge is 0.237 e. The van der Waals surface area contributed by atoms with Gasteiger partial charge >= 0.3 is 0 Å². The van der Waals surface area contributed by atoms with Gasteiger partial charge < -0.3 is 14.6 Å². The zero-order valence-electron chi connectivity index (χ0n) is 15.5. The van der Waals surface area contributed by atoms with E-state index in [0.717, 1.165) is 28.8 Å². The summed E-state index contributed by atoms with van der Waals surface area (Å²) in [5, 5.41) is 11.6. The molecule has 140 valence electrons. The zero-order valence-corrected chi connectivity index (χ0v) is 16.4. The highest BCUT2D eigenvalue weighted by atomic mass is 32.2. The van der Waals surface area contributed by atoms with E-state index in [9.17, 15) is 4.79 Å². The molecule has 1 aromatic heterocycles. The molecule has 3 aromatic rings. The highest BCUT2D eigenvalue weighted by Crippen LogP contribution is 2.25. The van der Waals surface area contributed by atoms with Crippen LogP contribution in [0.25, 0.3) is 0 Å². The molecule has 0 spiro atoms. The SMILES string of the molecule is CCc1nnc(SC(C)C(=O)Nc2ccc(Oc3ccccc3)cc2)n1C. The van der Waals surface area contributed by atoms with Crippen LogP contribution in [0, 0.1) is 0 Å². The van der Waals surface area contributed by atoms with E-state index in [1.807, 2.05) is 80.1 Å². The van der Waals surface area contributed by atoms with Crippen molar-refractivity contribution in [2.75, 3.05) is 5.32 Å². The molecule has 1 atom stereocenters. The molecule has 7 heteroatoms. The molecule has 2 aromatic carbocycles. The number of carbonyl (C=O) groups excluding carboxylic acids is 1. The summed E-state index contributed by atoms with van der Waals surface area (Å²) in [5.74, 6) is 2.30. The Bertz CT molecular complexity index is 894. The molecule has 1 unspecified atom stereocenters. The number of nitrogens with zero attached hydrogens (tertiary/aromatic N) is 3. The van der Waals surface area contributed by atoms with Crippen molar-refractivity contribution in [2.45, 2.75) is 30.7 Å². The molecular weight excluding hydrogens is 360 g/mol. The summed E-state index contributed by atoms with van der Waals surface area (Å²) >= 11 is 1.39. The normalized spacial score (nSPS) is 11.8. The van der Waals surface area contributed by atoms with Crippen LogP contribution in [0.15, 0.2) is 59.8 Å². The first-order valence-corrected chi connectivity index (χ1v) is 9.63. The summed E-state index contributed by atoms with van der Waals surface area (Å²) in [6, 6.07) is 16.9. The molecule has 0 saturated heterocycles. The van der Waals surface area contributed by atoms with Crippen molar-refractivity contribution >= 4 is 23.4 Å². The van der Waals surface area contributed by atoms with Crippen molar-refractivity contribution in [3.05, 3.63) is 60.4 Å². The van der Waals surface area contributed by atoms with E-state index in [1.54, 1.807) is 0 Å². The fourth-order valence-corrected chi connectivity index (χ4v) is 3.28. The van der Waals surface area contributed by atoms with Crippen LogP contribution in [0.3, 0.4) is 0 Å². The Labute approximate surface area is 163 Å². The second-order valence-electron chi connectivity index (χ2n) is 6.00. The summed E-state index contributed by atoms with van der Waals surface area (Å²) < 4.78 is 7.68. The predicted molar refractivity (Wildman–Crippen MR) is 107 cm³/mol. The van der Waals surface area contributed by atoms with Gasteiger partial charge in [0.05, 0.1) is 5.25 Å². The van der Waals surface area contributed by atoms with E-state index in [0.29, 0.717) is 5.75 Å². The van der Waals surface area contributed by atoms with Gasteiger partial charge in [0.1, 0.15) is 17.3 Å². The number of nitrogens with one attached hydrogen (secondary N) is 1. The van der Waals surface area contributed by atoms with Gasteiger partial charge in [-0.15, -0.1) is 10.2 Å². The molecule has 0 fully saturated rings. The van der Waals surface area contributed by atoms with Gasteiger partial charge in [-0.1, -0.05) is 36.9 Å². The Balaban J connectivity index is 1.57. The van der Waals surface area contributed by atoms with Gasteiger partial charge in [-0.3, -0.25) is 4.79 Å². The second-order valence-corrected chi connectivity index (χ2v) is 7.31. The van der Waals surface area contributed by atoms with Gasteiger partial charge in [-0.25, -0.2) is 0 Å². The van der Waals surface area contributed by atoms with Crippen LogP contribution in [-0.2, 0) is 18.3 Å². The maximum Gasteiger partial charge on any atom is 0.237 e. The number of anilines is 1. The number of rotatable bonds is 7. The molecule has 0 saturated carbocycles. The summed E-state index contributed by atoms with van der Waals surface area (Å²) in [7, 11) is 1.91. The first kappa shape index (κ1) is 19.0. The van der Waals surface area contributed by atoms with Gasteiger partial charge in [-0.2, -0.15) is 0 Å². The largest absolute Gasteiger partial charge is 0.457 e. The molecule has 0 radical (unpaired) electrons. The quantitative estimate of drug-likeness (QED) is 0.618. The molecule has 0 aliphatic heterocycles. The average molecular weight is 382 g/mol. The number of aromatic nitrogens is 3. The van der Waals surface area contributed by atoms with Crippen LogP contribution >= 0.6 is 11.8 Å². The Morgan fingerprint density at radius 2 is 1.78 bits per heavy atom. The van der Waals surface area contributed by atoms with Crippen molar-refractivity contribution < 1.29 is 9.53 Å². The minimum absolute atomic E-state index is 0.0854. The molecule has 0 aliphatic carbocycles. The molecule has 6 nitrogen and oxygen atoms in total. The van der Waals surface area contributed by atoms with Crippen LogP contribution in [0.2, 0.25) is 0 Å². The predicted octanol–water partition coefficient (Wildman–Crippen LogP) is 4.29.